The maximum absolute atomic E-state index is 14.6. The molecule has 2 aromatic heterocycles. The second kappa shape index (κ2) is 8.63. The van der Waals surface area contributed by atoms with E-state index in [1.165, 1.54) is 36.7 Å². The maximum Gasteiger partial charge on any atom is 0.433 e. The molecule has 0 saturated carbocycles. The fourth-order valence-corrected chi connectivity index (χ4v) is 4.17. The molecule has 0 aliphatic carbocycles. The summed E-state index contributed by atoms with van der Waals surface area (Å²) in [6, 6.07) is 10.6. The van der Waals surface area contributed by atoms with E-state index in [4.69, 9.17) is 0 Å². The number of anilines is 1. The molecule has 4 aromatic rings. The number of nitriles is 1. The van der Waals surface area contributed by atoms with Crippen LogP contribution < -0.4 is 4.90 Å². The summed E-state index contributed by atoms with van der Waals surface area (Å²) >= 11 is 0. The summed E-state index contributed by atoms with van der Waals surface area (Å²) in [5.74, 6) is -1.67. The van der Waals surface area contributed by atoms with E-state index >= 15 is 0 Å². The molecule has 0 spiro atoms. The van der Waals surface area contributed by atoms with Gasteiger partial charge in [0.2, 0.25) is 0 Å². The van der Waals surface area contributed by atoms with Gasteiger partial charge in [-0.05, 0) is 47.5 Å². The average molecular weight is 506 g/mol. The highest BCUT2D eigenvalue weighted by Crippen LogP contribution is 2.39. The summed E-state index contributed by atoms with van der Waals surface area (Å²) < 4.78 is 57.8. The van der Waals surface area contributed by atoms with E-state index in [1.807, 2.05) is 6.07 Å². The van der Waals surface area contributed by atoms with Crippen molar-refractivity contribution in [1.82, 2.24) is 19.7 Å². The summed E-state index contributed by atoms with van der Waals surface area (Å²) in [6.07, 6.45) is -3.09. The Hall–Kier alpha value is -4.92. The maximum atomic E-state index is 14.6. The molecule has 2 aromatic carbocycles. The van der Waals surface area contributed by atoms with E-state index in [0.717, 1.165) is 17.0 Å². The number of carbonyl (C=O) groups excluding carboxylic acids is 2. The number of hydrogen-bond acceptors (Lipinski definition) is 6. The topological polar surface area (TPSA) is 105 Å². The summed E-state index contributed by atoms with van der Waals surface area (Å²) in [4.78, 5) is 28.8. The minimum atomic E-state index is -4.87. The highest BCUT2D eigenvalue weighted by atomic mass is 19.4. The van der Waals surface area contributed by atoms with E-state index in [2.05, 4.69) is 15.2 Å². The molecular formula is C25H14F4N6O2. The van der Waals surface area contributed by atoms with Crippen molar-refractivity contribution < 1.29 is 27.2 Å². The summed E-state index contributed by atoms with van der Waals surface area (Å²) in [6.45, 7) is -0.365. The molecule has 1 amide bonds. The number of nitrogens with zero attached hydrogens (tertiary/aromatic N) is 6. The fraction of sp³-hybridized carbons (Fsp3) is 0.120. The Morgan fingerprint density at radius 1 is 1.08 bits per heavy atom. The van der Waals surface area contributed by atoms with Crippen LogP contribution in [0.5, 0.6) is 0 Å². The van der Waals surface area contributed by atoms with Gasteiger partial charge in [0.15, 0.2) is 5.82 Å². The Morgan fingerprint density at radius 3 is 2.51 bits per heavy atom. The van der Waals surface area contributed by atoms with Gasteiger partial charge in [-0.15, -0.1) is 10.2 Å². The molecule has 0 unspecified atom stereocenters. The quantitative estimate of drug-likeness (QED) is 0.297. The molecule has 37 heavy (non-hydrogen) atoms. The van der Waals surface area contributed by atoms with Crippen LogP contribution in [0, 0.1) is 17.1 Å². The molecule has 0 radical (unpaired) electrons. The number of aryl methyl sites for hydroxylation is 1. The molecule has 8 nitrogen and oxygen atoms in total. The van der Waals surface area contributed by atoms with Crippen molar-refractivity contribution in [2.75, 3.05) is 4.90 Å². The Labute approximate surface area is 206 Å². The zero-order valence-electron chi connectivity index (χ0n) is 18.9. The molecule has 0 N–H and O–H groups in total. The third kappa shape index (κ3) is 4.10. The Kier molecular flexibility index (Phi) is 5.55. The van der Waals surface area contributed by atoms with Crippen molar-refractivity contribution in [2.45, 2.75) is 12.7 Å². The van der Waals surface area contributed by atoms with Gasteiger partial charge in [-0.25, -0.2) is 9.37 Å². The third-order valence-corrected chi connectivity index (χ3v) is 5.94. The summed E-state index contributed by atoms with van der Waals surface area (Å²) in [7, 11) is 1.64. The van der Waals surface area contributed by atoms with Crippen LogP contribution in [0.15, 0.2) is 48.8 Å². The van der Waals surface area contributed by atoms with Gasteiger partial charge in [-0.3, -0.25) is 14.5 Å². The number of benzene rings is 2. The van der Waals surface area contributed by atoms with Gasteiger partial charge >= 0.3 is 6.18 Å². The number of aromatic nitrogens is 4. The molecule has 1 aliphatic heterocycles. The average Bonchev–Trinajstić information content (AvgIpc) is 3.46. The number of aldehydes is 1. The Balaban J connectivity index is 1.70. The van der Waals surface area contributed by atoms with Crippen molar-refractivity contribution in [3.05, 3.63) is 82.6 Å². The van der Waals surface area contributed by atoms with Crippen LogP contribution in [0.1, 0.15) is 37.5 Å². The first-order valence-corrected chi connectivity index (χ1v) is 10.7. The van der Waals surface area contributed by atoms with E-state index in [-0.39, 0.29) is 45.7 Å². The number of alkyl halides is 3. The van der Waals surface area contributed by atoms with Crippen LogP contribution in [0.3, 0.4) is 0 Å². The number of fused-ring (bicyclic) bond motifs is 1. The Bertz CT molecular complexity index is 1640. The van der Waals surface area contributed by atoms with Gasteiger partial charge in [0.05, 0.1) is 18.2 Å². The van der Waals surface area contributed by atoms with Crippen molar-refractivity contribution in [3.63, 3.8) is 0 Å². The highest BCUT2D eigenvalue weighted by Gasteiger charge is 2.37. The van der Waals surface area contributed by atoms with Crippen LogP contribution in [0.25, 0.3) is 22.5 Å². The van der Waals surface area contributed by atoms with Crippen molar-refractivity contribution in [3.8, 4) is 28.6 Å². The van der Waals surface area contributed by atoms with Crippen LogP contribution in [0.2, 0.25) is 0 Å². The first-order valence-electron chi connectivity index (χ1n) is 10.7. The van der Waals surface area contributed by atoms with Crippen molar-refractivity contribution in [2.24, 2.45) is 7.05 Å². The van der Waals surface area contributed by atoms with Crippen molar-refractivity contribution >= 4 is 18.0 Å². The third-order valence-electron chi connectivity index (χ3n) is 5.94. The number of hydrogen-bond donors (Lipinski definition) is 0. The van der Waals surface area contributed by atoms with Crippen LogP contribution >= 0.6 is 0 Å². The van der Waals surface area contributed by atoms with Crippen LogP contribution in [-0.2, 0) is 19.8 Å². The van der Waals surface area contributed by atoms with E-state index in [9.17, 15) is 32.4 Å². The standard InChI is InChI=1S/C25H14F4N6O2/c1-34-12-31-33-23(34)17-4-13(9-30)2-3-16(17)15-7-21(25(27,28)29)32-22(8-15)35-10-19-18(24(35)37)5-14(11-36)6-20(19)26/h2-8,11-12H,10H2,1H3. The van der Waals surface area contributed by atoms with E-state index in [0.29, 0.717) is 17.7 Å². The first-order chi connectivity index (χ1) is 17.6. The predicted molar refractivity (Wildman–Crippen MR) is 122 cm³/mol. The van der Waals surface area contributed by atoms with Crippen molar-refractivity contribution in [1.29, 1.82) is 5.26 Å². The molecule has 3 heterocycles. The minimum absolute atomic E-state index is 0.0395. The second-order valence-corrected chi connectivity index (χ2v) is 8.27. The monoisotopic (exact) mass is 506 g/mol. The summed E-state index contributed by atoms with van der Waals surface area (Å²) in [5.41, 5.74) is -0.613. The molecule has 1 aliphatic rings. The molecule has 0 saturated heterocycles. The largest absolute Gasteiger partial charge is 0.433 e. The zero-order chi connectivity index (χ0) is 26.5. The number of rotatable bonds is 4. The molecule has 5 rings (SSSR count). The lowest BCUT2D eigenvalue weighted by Gasteiger charge is -2.19. The second-order valence-electron chi connectivity index (χ2n) is 8.27. The highest BCUT2D eigenvalue weighted by molar-refractivity contribution is 6.10. The van der Waals surface area contributed by atoms with Gasteiger partial charge in [0, 0.05) is 29.3 Å². The Morgan fingerprint density at radius 2 is 1.86 bits per heavy atom. The van der Waals surface area contributed by atoms with Gasteiger partial charge in [0.25, 0.3) is 5.91 Å². The SMILES string of the molecule is Cn1cnnc1-c1cc(C#N)ccc1-c1cc(N2Cc3c(F)cc(C=O)cc3C2=O)nc(C(F)(F)F)c1. The number of amides is 1. The molecule has 0 atom stereocenters. The molecule has 184 valence electrons. The molecular weight excluding hydrogens is 492 g/mol. The minimum Gasteiger partial charge on any atom is -0.317 e. The lowest BCUT2D eigenvalue weighted by molar-refractivity contribution is -0.141. The van der Waals surface area contributed by atoms with Crippen LogP contribution in [-0.4, -0.2) is 31.9 Å². The van der Waals surface area contributed by atoms with E-state index < -0.39 is 23.6 Å². The molecule has 0 bridgehead atoms. The van der Waals surface area contributed by atoms with E-state index in [1.54, 1.807) is 11.6 Å². The first kappa shape index (κ1) is 23.8. The predicted octanol–water partition coefficient (Wildman–Crippen LogP) is 4.55. The number of halogens is 4. The lowest BCUT2D eigenvalue weighted by atomic mass is 9.96. The van der Waals surface area contributed by atoms with Gasteiger partial charge in [-0.2, -0.15) is 18.4 Å². The zero-order valence-corrected chi connectivity index (χ0v) is 18.9. The molecule has 0 fully saturated rings. The van der Waals surface area contributed by atoms with Gasteiger partial charge < -0.3 is 4.57 Å². The fourth-order valence-electron chi connectivity index (χ4n) is 4.17. The van der Waals surface area contributed by atoms with Gasteiger partial charge in [-0.1, -0.05) is 6.07 Å². The van der Waals surface area contributed by atoms with Crippen LogP contribution in [0.4, 0.5) is 23.4 Å². The smallest absolute Gasteiger partial charge is 0.317 e. The van der Waals surface area contributed by atoms with Gasteiger partial charge in [0.1, 0.15) is 29.9 Å². The number of carbonyl (C=O) groups is 2. The normalized spacial score (nSPS) is 13.0. The lowest BCUT2D eigenvalue weighted by Crippen LogP contribution is -2.25. The molecule has 12 heteroatoms. The number of pyridine rings is 1. The summed E-state index contributed by atoms with van der Waals surface area (Å²) in [5, 5.41) is 17.2.